The molecule has 2 aliphatic heterocycles. The summed E-state index contributed by atoms with van der Waals surface area (Å²) in [5, 5.41) is 8.44. The molecule has 10 heteroatoms. The first kappa shape index (κ1) is 22.8. The number of rotatable bonds is 5. The maximum Gasteiger partial charge on any atom is 0.256 e. The van der Waals surface area contributed by atoms with Crippen molar-refractivity contribution in [1.82, 2.24) is 29.9 Å². The van der Waals surface area contributed by atoms with Gasteiger partial charge in [0.2, 0.25) is 11.9 Å². The van der Waals surface area contributed by atoms with Crippen molar-refractivity contribution >= 4 is 17.8 Å². The minimum absolute atomic E-state index is 0.0138. The standard InChI is InChI=1S/C27H26N8O2/c1-17-2-7-24(35-31-8-9-32-35)23(10-17)26(37)33-13-21-15-34(16-22(21)14-33)27-29-11-20(12-30-27)18-3-5-19(6-4-18)25(28)36/h2-12,21-22H,13-16H2,1H3,(H2,28,36). The van der Waals surface area contributed by atoms with Crippen LogP contribution in [0.1, 0.15) is 26.3 Å². The van der Waals surface area contributed by atoms with E-state index in [0.29, 0.717) is 47.7 Å². The Kier molecular flexibility index (Phi) is 5.63. The molecule has 2 unspecified atom stereocenters. The van der Waals surface area contributed by atoms with E-state index >= 15 is 0 Å². The molecule has 0 spiro atoms. The Balaban J connectivity index is 1.13. The fraction of sp³-hybridized carbons (Fsp3) is 0.259. The van der Waals surface area contributed by atoms with Gasteiger partial charge in [0.15, 0.2) is 0 Å². The van der Waals surface area contributed by atoms with Crippen LogP contribution in [0.3, 0.4) is 0 Å². The van der Waals surface area contributed by atoms with E-state index in [1.54, 1.807) is 36.9 Å². The lowest BCUT2D eigenvalue weighted by Gasteiger charge is -2.22. The molecule has 0 bridgehead atoms. The van der Waals surface area contributed by atoms with Crippen LogP contribution in [0.4, 0.5) is 5.95 Å². The van der Waals surface area contributed by atoms with Crippen molar-refractivity contribution in [1.29, 1.82) is 0 Å². The van der Waals surface area contributed by atoms with Crippen molar-refractivity contribution in [2.45, 2.75) is 6.92 Å². The zero-order chi connectivity index (χ0) is 25.5. The summed E-state index contributed by atoms with van der Waals surface area (Å²) in [6.45, 7) is 4.99. The van der Waals surface area contributed by atoms with Gasteiger partial charge in [0, 0.05) is 61.5 Å². The Hall–Kier alpha value is -4.60. The Morgan fingerprint density at radius 1 is 0.865 bits per heavy atom. The van der Waals surface area contributed by atoms with Crippen molar-refractivity contribution in [2.24, 2.45) is 17.6 Å². The summed E-state index contributed by atoms with van der Waals surface area (Å²) in [6.07, 6.45) is 6.82. The molecule has 0 radical (unpaired) electrons. The lowest BCUT2D eigenvalue weighted by atomic mass is 10.0. The number of primary amides is 1. The van der Waals surface area contributed by atoms with E-state index in [1.807, 2.05) is 42.2 Å². The number of nitrogens with zero attached hydrogens (tertiary/aromatic N) is 7. The number of nitrogens with two attached hydrogens (primary N) is 1. The Morgan fingerprint density at radius 2 is 1.51 bits per heavy atom. The maximum absolute atomic E-state index is 13.5. The number of aromatic nitrogens is 5. The monoisotopic (exact) mass is 494 g/mol. The molecule has 0 aliphatic carbocycles. The summed E-state index contributed by atoms with van der Waals surface area (Å²) in [5.74, 6) is 0.983. The number of likely N-dealkylation sites (tertiary alicyclic amines) is 1. The van der Waals surface area contributed by atoms with Crippen LogP contribution in [0.25, 0.3) is 16.8 Å². The fourth-order valence-corrected chi connectivity index (χ4v) is 5.29. The van der Waals surface area contributed by atoms with Crippen LogP contribution in [0.15, 0.2) is 67.3 Å². The number of carbonyl (C=O) groups excluding carboxylic acids is 2. The molecular weight excluding hydrogens is 468 g/mol. The summed E-state index contributed by atoms with van der Waals surface area (Å²) in [6, 6.07) is 12.9. The maximum atomic E-state index is 13.5. The average Bonchev–Trinajstić information content (AvgIpc) is 3.66. The van der Waals surface area contributed by atoms with Crippen LogP contribution >= 0.6 is 0 Å². The highest BCUT2D eigenvalue weighted by atomic mass is 16.2. The van der Waals surface area contributed by atoms with E-state index in [1.165, 1.54) is 4.80 Å². The predicted octanol–water partition coefficient (Wildman–Crippen LogP) is 2.34. The summed E-state index contributed by atoms with van der Waals surface area (Å²) >= 11 is 0. The molecule has 4 heterocycles. The lowest BCUT2D eigenvalue weighted by Crippen LogP contribution is -2.34. The average molecular weight is 495 g/mol. The highest BCUT2D eigenvalue weighted by Gasteiger charge is 2.42. The minimum Gasteiger partial charge on any atom is -0.366 e. The quantitative estimate of drug-likeness (QED) is 0.452. The van der Waals surface area contributed by atoms with E-state index in [2.05, 4.69) is 25.1 Å². The fourth-order valence-electron chi connectivity index (χ4n) is 5.29. The molecule has 186 valence electrons. The van der Waals surface area contributed by atoms with Gasteiger partial charge in [-0.25, -0.2) is 9.97 Å². The van der Waals surface area contributed by atoms with Crippen LogP contribution in [-0.4, -0.2) is 67.9 Å². The molecule has 4 aromatic rings. The molecule has 2 saturated heterocycles. The van der Waals surface area contributed by atoms with Gasteiger partial charge in [-0.05, 0) is 36.8 Å². The van der Waals surface area contributed by atoms with Crippen molar-refractivity contribution in [2.75, 3.05) is 31.1 Å². The Morgan fingerprint density at radius 3 is 2.14 bits per heavy atom. The summed E-state index contributed by atoms with van der Waals surface area (Å²) in [7, 11) is 0. The highest BCUT2D eigenvalue weighted by Crippen LogP contribution is 2.34. The van der Waals surface area contributed by atoms with E-state index in [0.717, 1.165) is 29.8 Å². The first-order valence-corrected chi connectivity index (χ1v) is 12.2. The number of carbonyl (C=O) groups is 2. The van der Waals surface area contributed by atoms with Gasteiger partial charge in [0.1, 0.15) is 0 Å². The second-order valence-electron chi connectivity index (χ2n) is 9.69. The van der Waals surface area contributed by atoms with Crippen LogP contribution in [-0.2, 0) is 0 Å². The zero-order valence-electron chi connectivity index (χ0n) is 20.4. The van der Waals surface area contributed by atoms with E-state index < -0.39 is 5.91 Å². The first-order valence-electron chi connectivity index (χ1n) is 12.2. The number of hydrogen-bond acceptors (Lipinski definition) is 7. The molecule has 37 heavy (non-hydrogen) atoms. The Labute approximate surface area is 213 Å². The molecule has 2 aliphatic rings. The van der Waals surface area contributed by atoms with Gasteiger partial charge in [0.05, 0.1) is 23.6 Å². The third-order valence-corrected chi connectivity index (χ3v) is 7.21. The van der Waals surface area contributed by atoms with E-state index in [4.69, 9.17) is 5.73 Å². The number of aryl methyl sites for hydroxylation is 1. The van der Waals surface area contributed by atoms with Gasteiger partial charge < -0.3 is 15.5 Å². The number of fused-ring (bicyclic) bond motifs is 1. The van der Waals surface area contributed by atoms with Crippen molar-refractivity contribution in [3.63, 3.8) is 0 Å². The van der Waals surface area contributed by atoms with Gasteiger partial charge in [0.25, 0.3) is 5.91 Å². The molecule has 2 fully saturated rings. The normalized spacial score (nSPS) is 18.7. The highest BCUT2D eigenvalue weighted by molar-refractivity contribution is 5.98. The minimum atomic E-state index is -0.452. The summed E-state index contributed by atoms with van der Waals surface area (Å²) < 4.78 is 0. The first-order chi connectivity index (χ1) is 18.0. The second-order valence-corrected chi connectivity index (χ2v) is 9.69. The second kappa shape index (κ2) is 9.12. The van der Waals surface area contributed by atoms with Crippen molar-refractivity contribution in [3.8, 4) is 16.8 Å². The smallest absolute Gasteiger partial charge is 0.256 e. The van der Waals surface area contributed by atoms with Crippen molar-refractivity contribution < 1.29 is 9.59 Å². The summed E-state index contributed by atoms with van der Waals surface area (Å²) in [5.41, 5.74) is 9.92. The van der Waals surface area contributed by atoms with Gasteiger partial charge in [-0.3, -0.25) is 9.59 Å². The van der Waals surface area contributed by atoms with Gasteiger partial charge >= 0.3 is 0 Å². The third-order valence-electron chi connectivity index (χ3n) is 7.21. The predicted molar refractivity (Wildman–Crippen MR) is 137 cm³/mol. The number of anilines is 1. The SMILES string of the molecule is Cc1ccc(-n2nccn2)c(C(=O)N2CC3CN(c4ncc(-c5ccc(C(N)=O)cc5)cn4)CC3C2)c1. The zero-order valence-corrected chi connectivity index (χ0v) is 20.4. The van der Waals surface area contributed by atoms with Crippen LogP contribution in [0, 0.1) is 18.8 Å². The van der Waals surface area contributed by atoms with E-state index in [-0.39, 0.29) is 5.91 Å². The lowest BCUT2D eigenvalue weighted by molar-refractivity contribution is 0.0782. The van der Waals surface area contributed by atoms with Gasteiger partial charge in [-0.15, -0.1) is 0 Å². The molecule has 0 saturated carbocycles. The Bertz CT molecular complexity index is 1440. The molecule has 2 aromatic carbocycles. The number of amides is 2. The molecule has 6 rings (SSSR count). The third kappa shape index (κ3) is 4.31. The number of benzene rings is 2. The largest absolute Gasteiger partial charge is 0.366 e. The molecule has 10 nitrogen and oxygen atoms in total. The van der Waals surface area contributed by atoms with Crippen LogP contribution in [0.5, 0.6) is 0 Å². The molecule has 2 atom stereocenters. The number of hydrogen-bond donors (Lipinski definition) is 1. The molecule has 2 aromatic heterocycles. The van der Waals surface area contributed by atoms with Gasteiger partial charge in [-0.1, -0.05) is 23.8 Å². The summed E-state index contributed by atoms with van der Waals surface area (Å²) in [4.78, 5) is 39.7. The van der Waals surface area contributed by atoms with E-state index in [9.17, 15) is 9.59 Å². The van der Waals surface area contributed by atoms with Crippen LogP contribution < -0.4 is 10.6 Å². The van der Waals surface area contributed by atoms with Crippen LogP contribution in [0.2, 0.25) is 0 Å². The molecular formula is C27H26N8O2. The topological polar surface area (TPSA) is 123 Å². The van der Waals surface area contributed by atoms with Crippen molar-refractivity contribution in [3.05, 3.63) is 83.9 Å². The molecule has 2 N–H and O–H groups in total. The van der Waals surface area contributed by atoms with Gasteiger partial charge in [-0.2, -0.15) is 15.0 Å². The molecule has 2 amide bonds.